The van der Waals surface area contributed by atoms with Gasteiger partial charge in [0.1, 0.15) is 10.4 Å². The Morgan fingerprint density at radius 3 is 3.00 bits per heavy atom. The normalized spacial score (nSPS) is 18.3. The Kier molecular flexibility index (Phi) is 3.71. The van der Waals surface area contributed by atoms with Crippen molar-refractivity contribution < 1.29 is 9.53 Å². The number of hydrogen-bond acceptors (Lipinski definition) is 5. The molecule has 1 aromatic heterocycles. The lowest BCUT2D eigenvalue weighted by molar-refractivity contribution is -0.132. The average Bonchev–Trinajstić information content (AvgIpc) is 2.90. The standard InChI is InChI=1S/C11H13N3O2S/c12-8-11(1-4-16-5-2-11)10(15)14-7-9-13-3-6-17-9/h3,6H,1-2,4-5,7H2,(H,14,15). The number of nitrogens with one attached hydrogen (secondary N) is 1. The van der Waals surface area contributed by atoms with Crippen LogP contribution in [-0.2, 0) is 16.1 Å². The number of hydrogen-bond donors (Lipinski definition) is 1. The quantitative estimate of drug-likeness (QED) is 0.872. The van der Waals surface area contributed by atoms with Crippen LogP contribution in [0.2, 0.25) is 0 Å². The minimum absolute atomic E-state index is 0.210. The molecule has 1 fully saturated rings. The van der Waals surface area contributed by atoms with Gasteiger partial charge in [0.15, 0.2) is 0 Å². The van der Waals surface area contributed by atoms with E-state index in [0.29, 0.717) is 32.6 Å². The number of aromatic nitrogens is 1. The molecule has 1 aliphatic rings. The van der Waals surface area contributed by atoms with Gasteiger partial charge in [-0.05, 0) is 12.8 Å². The van der Waals surface area contributed by atoms with Gasteiger partial charge in [0, 0.05) is 24.8 Å². The van der Waals surface area contributed by atoms with Crippen molar-refractivity contribution in [3.05, 3.63) is 16.6 Å². The molecule has 0 aliphatic carbocycles. The van der Waals surface area contributed by atoms with Crippen molar-refractivity contribution in [3.63, 3.8) is 0 Å². The number of carbonyl (C=O) groups is 1. The number of carbonyl (C=O) groups excluding carboxylic acids is 1. The predicted molar refractivity (Wildman–Crippen MR) is 62.1 cm³/mol. The van der Waals surface area contributed by atoms with Crippen LogP contribution in [-0.4, -0.2) is 24.1 Å². The Morgan fingerprint density at radius 2 is 2.41 bits per heavy atom. The molecule has 1 aliphatic heterocycles. The smallest absolute Gasteiger partial charge is 0.241 e. The zero-order chi connectivity index (χ0) is 12.1. The van der Waals surface area contributed by atoms with Gasteiger partial charge < -0.3 is 10.1 Å². The van der Waals surface area contributed by atoms with Crippen LogP contribution < -0.4 is 5.32 Å². The van der Waals surface area contributed by atoms with Gasteiger partial charge in [-0.15, -0.1) is 11.3 Å². The molecule has 5 nitrogen and oxygen atoms in total. The fraction of sp³-hybridized carbons (Fsp3) is 0.545. The molecule has 1 amide bonds. The summed E-state index contributed by atoms with van der Waals surface area (Å²) in [5, 5.41) is 14.7. The maximum atomic E-state index is 12.0. The summed E-state index contributed by atoms with van der Waals surface area (Å²) in [4.78, 5) is 16.1. The summed E-state index contributed by atoms with van der Waals surface area (Å²) in [5.74, 6) is -0.210. The summed E-state index contributed by atoms with van der Waals surface area (Å²) in [5.41, 5.74) is -0.921. The number of nitriles is 1. The fourth-order valence-electron chi connectivity index (χ4n) is 1.77. The number of amides is 1. The van der Waals surface area contributed by atoms with Crippen molar-refractivity contribution in [2.45, 2.75) is 19.4 Å². The average molecular weight is 251 g/mol. The molecule has 0 atom stereocenters. The van der Waals surface area contributed by atoms with Crippen LogP contribution in [0.4, 0.5) is 0 Å². The second-order valence-electron chi connectivity index (χ2n) is 3.91. The van der Waals surface area contributed by atoms with Crippen LogP contribution in [0.3, 0.4) is 0 Å². The van der Waals surface area contributed by atoms with E-state index in [4.69, 9.17) is 4.74 Å². The fourth-order valence-corrected chi connectivity index (χ4v) is 2.33. The molecular formula is C11H13N3O2S. The first-order valence-corrected chi connectivity index (χ1v) is 6.30. The third kappa shape index (κ3) is 2.62. The second kappa shape index (κ2) is 5.25. The van der Waals surface area contributed by atoms with Gasteiger partial charge in [0.25, 0.3) is 0 Å². The highest BCUT2D eigenvalue weighted by Gasteiger charge is 2.40. The molecule has 0 unspecified atom stereocenters. The summed E-state index contributed by atoms with van der Waals surface area (Å²) in [6, 6.07) is 2.14. The van der Waals surface area contributed by atoms with E-state index in [9.17, 15) is 10.1 Å². The number of nitrogens with zero attached hydrogens (tertiary/aromatic N) is 2. The molecule has 17 heavy (non-hydrogen) atoms. The molecule has 0 spiro atoms. The summed E-state index contributed by atoms with van der Waals surface area (Å²) >= 11 is 1.48. The van der Waals surface area contributed by atoms with Crippen molar-refractivity contribution >= 4 is 17.2 Å². The highest BCUT2D eigenvalue weighted by molar-refractivity contribution is 7.09. The monoisotopic (exact) mass is 251 g/mol. The zero-order valence-corrected chi connectivity index (χ0v) is 10.1. The van der Waals surface area contributed by atoms with Crippen molar-refractivity contribution in [1.82, 2.24) is 10.3 Å². The van der Waals surface area contributed by atoms with Crippen LogP contribution in [0.25, 0.3) is 0 Å². The van der Waals surface area contributed by atoms with Gasteiger partial charge in [0.2, 0.25) is 5.91 Å². The van der Waals surface area contributed by atoms with Gasteiger partial charge in [-0.2, -0.15) is 5.26 Å². The molecule has 2 rings (SSSR count). The van der Waals surface area contributed by atoms with Gasteiger partial charge in [0.05, 0.1) is 12.6 Å². The first-order chi connectivity index (χ1) is 8.27. The number of rotatable bonds is 3. The van der Waals surface area contributed by atoms with Crippen molar-refractivity contribution in [2.24, 2.45) is 5.41 Å². The first-order valence-electron chi connectivity index (χ1n) is 5.42. The number of ether oxygens (including phenoxy) is 1. The molecule has 1 aromatic rings. The highest BCUT2D eigenvalue weighted by Crippen LogP contribution is 2.29. The zero-order valence-electron chi connectivity index (χ0n) is 9.31. The lowest BCUT2D eigenvalue weighted by Gasteiger charge is -2.29. The lowest BCUT2D eigenvalue weighted by Crippen LogP contribution is -2.43. The number of thiazole rings is 1. The summed E-state index contributed by atoms with van der Waals surface area (Å²) in [6.07, 6.45) is 2.63. The van der Waals surface area contributed by atoms with Gasteiger partial charge in [-0.1, -0.05) is 0 Å². The van der Waals surface area contributed by atoms with Gasteiger partial charge >= 0.3 is 0 Å². The van der Waals surface area contributed by atoms with Crippen molar-refractivity contribution in [3.8, 4) is 6.07 Å². The molecule has 2 heterocycles. The Morgan fingerprint density at radius 1 is 1.65 bits per heavy atom. The first kappa shape index (κ1) is 12.0. The minimum atomic E-state index is -0.921. The third-order valence-corrected chi connectivity index (χ3v) is 3.66. The Hall–Kier alpha value is -1.45. The van der Waals surface area contributed by atoms with Crippen LogP contribution in [0, 0.1) is 16.7 Å². The third-order valence-electron chi connectivity index (χ3n) is 2.88. The Balaban J connectivity index is 1.96. The maximum Gasteiger partial charge on any atom is 0.241 e. The Bertz CT molecular complexity index is 418. The van der Waals surface area contributed by atoms with Crippen LogP contribution in [0.5, 0.6) is 0 Å². The van der Waals surface area contributed by atoms with E-state index in [0.717, 1.165) is 5.01 Å². The topological polar surface area (TPSA) is 75.0 Å². The van der Waals surface area contributed by atoms with E-state index in [-0.39, 0.29) is 5.91 Å². The second-order valence-corrected chi connectivity index (χ2v) is 4.89. The molecule has 1 saturated heterocycles. The van der Waals surface area contributed by atoms with Crippen molar-refractivity contribution in [2.75, 3.05) is 13.2 Å². The largest absolute Gasteiger partial charge is 0.381 e. The summed E-state index contributed by atoms with van der Waals surface area (Å²) in [6.45, 7) is 1.33. The molecule has 90 valence electrons. The molecule has 0 saturated carbocycles. The van der Waals surface area contributed by atoms with Crippen LogP contribution in [0.15, 0.2) is 11.6 Å². The van der Waals surface area contributed by atoms with Crippen LogP contribution in [0.1, 0.15) is 17.8 Å². The molecular weight excluding hydrogens is 238 g/mol. The predicted octanol–water partition coefficient (Wildman–Crippen LogP) is 1.08. The van der Waals surface area contributed by atoms with E-state index < -0.39 is 5.41 Å². The van der Waals surface area contributed by atoms with Gasteiger partial charge in [-0.3, -0.25) is 4.79 Å². The summed E-state index contributed by atoms with van der Waals surface area (Å²) in [7, 11) is 0. The Labute approximate surface area is 103 Å². The lowest BCUT2D eigenvalue weighted by atomic mass is 9.81. The van der Waals surface area contributed by atoms with Crippen LogP contribution >= 0.6 is 11.3 Å². The molecule has 0 bridgehead atoms. The van der Waals surface area contributed by atoms with E-state index in [2.05, 4.69) is 16.4 Å². The maximum absolute atomic E-state index is 12.0. The molecule has 6 heteroatoms. The molecule has 0 radical (unpaired) electrons. The summed E-state index contributed by atoms with van der Waals surface area (Å²) < 4.78 is 5.19. The van der Waals surface area contributed by atoms with E-state index in [1.807, 2.05) is 5.38 Å². The van der Waals surface area contributed by atoms with Gasteiger partial charge in [-0.25, -0.2) is 4.98 Å². The molecule has 0 aromatic carbocycles. The van der Waals surface area contributed by atoms with E-state index in [1.54, 1.807) is 6.20 Å². The van der Waals surface area contributed by atoms with E-state index >= 15 is 0 Å². The SMILES string of the molecule is N#CC1(C(=O)NCc2nccs2)CCOCC1. The minimum Gasteiger partial charge on any atom is -0.381 e. The van der Waals surface area contributed by atoms with Crippen molar-refractivity contribution in [1.29, 1.82) is 5.26 Å². The highest BCUT2D eigenvalue weighted by atomic mass is 32.1. The molecule has 1 N–H and O–H groups in total. The van der Waals surface area contributed by atoms with E-state index in [1.165, 1.54) is 11.3 Å².